The molecule has 0 rings (SSSR count). The molecule has 3 amide bonds. The van der Waals surface area contributed by atoms with Crippen molar-refractivity contribution in [2.24, 2.45) is 5.73 Å². The average Bonchev–Trinajstić information content (AvgIpc) is 2.64. The van der Waals surface area contributed by atoms with Gasteiger partial charge in [0.15, 0.2) is 0 Å². The molecule has 0 heterocycles. The maximum Gasteiger partial charge on any atom is 0.222 e. The number of unbranched alkanes of at least 4 members (excludes halogenated alkanes) is 1. The van der Waals surface area contributed by atoms with E-state index in [2.05, 4.69) is 16.6 Å². The van der Waals surface area contributed by atoms with Crippen LogP contribution in [0.15, 0.2) is 0 Å². The molecule has 0 atom stereocenters. The van der Waals surface area contributed by atoms with Gasteiger partial charge in [-0.3, -0.25) is 14.4 Å². The fourth-order valence-corrected chi connectivity index (χ4v) is 2.98. The summed E-state index contributed by atoms with van der Waals surface area (Å²) in [7, 11) is 0. The molecule has 26 heavy (non-hydrogen) atoms. The Morgan fingerprint density at radius 1 is 1.08 bits per heavy atom. The summed E-state index contributed by atoms with van der Waals surface area (Å²) in [6.45, 7) is 4.29. The highest BCUT2D eigenvalue weighted by Crippen LogP contribution is 2.05. The van der Waals surface area contributed by atoms with E-state index in [0.29, 0.717) is 70.6 Å². The number of thioether (sulfide) groups is 1. The fourth-order valence-electron chi connectivity index (χ4n) is 2.10. The second-order valence-corrected chi connectivity index (χ2v) is 6.87. The molecule has 0 aliphatic carbocycles. The number of hydrogen-bond acceptors (Lipinski definition) is 5. The predicted octanol–water partition coefficient (Wildman–Crippen LogP) is 0.343. The number of nitrogens with two attached hydrogens (primary N) is 1. The van der Waals surface area contributed by atoms with Gasteiger partial charge in [-0.1, -0.05) is 6.92 Å². The maximum absolute atomic E-state index is 12.0. The highest BCUT2D eigenvalue weighted by Gasteiger charge is 2.11. The molecule has 0 saturated carbocycles. The van der Waals surface area contributed by atoms with E-state index in [0.717, 1.165) is 5.75 Å². The SMILES string of the molecule is C#CCCCC(=O)NCCN(CCSCCC(=O)NCCN)C(=O)CC. The van der Waals surface area contributed by atoms with Crippen LogP contribution in [0.5, 0.6) is 0 Å². The Morgan fingerprint density at radius 3 is 2.42 bits per heavy atom. The molecule has 0 radical (unpaired) electrons. The molecular formula is C18H32N4O3S. The van der Waals surface area contributed by atoms with E-state index in [9.17, 15) is 14.4 Å². The van der Waals surface area contributed by atoms with Crippen molar-refractivity contribution in [3.05, 3.63) is 0 Å². The second kappa shape index (κ2) is 16.7. The lowest BCUT2D eigenvalue weighted by molar-refractivity contribution is -0.131. The molecule has 0 spiro atoms. The van der Waals surface area contributed by atoms with Gasteiger partial charge in [-0.2, -0.15) is 11.8 Å². The molecule has 0 aliphatic heterocycles. The number of amides is 3. The number of nitrogens with zero attached hydrogens (tertiary/aromatic N) is 1. The molecule has 0 aromatic heterocycles. The maximum atomic E-state index is 12.0. The number of carbonyl (C=O) groups excluding carboxylic acids is 3. The van der Waals surface area contributed by atoms with E-state index in [1.807, 2.05) is 6.92 Å². The molecule has 0 aromatic carbocycles. The summed E-state index contributed by atoms with van der Waals surface area (Å²) in [4.78, 5) is 36.8. The third-order valence-corrected chi connectivity index (χ3v) is 4.49. The molecule has 0 fully saturated rings. The van der Waals surface area contributed by atoms with Gasteiger partial charge in [0.2, 0.25) is 17.7 Å². The number of hydrogen-bond donors (Lipinski definition) is 3. The molecule has 0 bridgehead atoms. The standard InChI is InChI=1S/C18H32N4O3S/c1-3-5-6-7-16(23)21-11-12-22(18(25)4-2)13-15-26-14-8-17(24)20-10-9-19/h1H,4-15,19H2,2H3,(H,20,24)(H,21,23). The van der Waals surface area contributed by atoms with Crippen LogP contribution in [0.3, 0.4) is 0 Å². The summed E-state index contributed by atoms with van der Waals surface area (Å²) >= 11 is 1.63. The normalized spacial score (nSPS) is 10.0. The van der Waals surface area contributed by atoms with Crippen molar-refractivity contribution in [1.82, 2.24) is 15.5 Å². The zero-order valence-electron chi connectivity index (χ0n) is 15.7. The number of terminal acetylenes is 1. The number of carbonyl (C=O) groups is 3. The van der Waals surface area contributed by atoms with Crippen molar-refractivity contribution in [2.45, 2.75) is 39.0 Å². The first-order valence-corrected chi connectivity index (χ1v) is 10.2. The summed E-state index contributed by atoms with van der Waals surface area (Å²) in [5, 5.41) is 5.54. The lowest BCUT2D eigenvalue weighted by atomic mass is 10.2. The van der Waals surface area contributed by atoms with Crippen LogP contribution in [0, 0.1) is 12.3 Å². The van der Waals surface area contributed by atoms with E-state index < -0.39 is 0 Å². The molecular weight excluding hydrogens is 352 g/mol. The van der Waals surface area contributed by atoms with Crippen molar-refractivity contribution >= 4 is 29.5 Å². The average molecular weight is 385 g/mol. The minimum Gasteiger partial charge on any atom is -0.355 e. The monoisotopic (exact) mass is 384 g/mol. The van der Waals surface area contributed by atoms with E-state index >= 15 is 0 Å². The largest absolute Gasteiger partial charge is 0.355 e. The van der Waals surface area contributed by atoms with Crippen LogP contribution < -0.4 is 16.4 Å². The van der Waals surface area contributed by atoms with E-state index in [1.165, 1.54) is 0 Å². The van der Waals surface area contributed by atoms with Crippen molar-refractivity contribution in [3.63, 3.8) is 0 Å². The van der Waals surface area contributed by atoms with E-state index in [1.54, 1.807) is 16.7 Å². The van der Waals surface area contributed by atoms with Crippen LogP contribution in [-0.4, -0.2) is 66.9 Å². The van der Waals surface area contributed by atoms with E-state index in [4.69, 9.17) is 12.2 Å². The Morgan fingerprint density at radius 2 is 1.77 bits per heavy atom. The van der Waals surface area contributed by atoms with Gasteiger partial charge in [-0.05, 0) is 6.42 Å². The van der Waals surface area contributed by atoms with Gasteiger partial charge >= 0.3 is 0 Å². The van der Waals surface area contributed by atoms with Crippen LogP contribution >= 0.6 is 11.8 Å². The highest BCUT2D eigenvalue weighted by molar-refractivity contribution is 7.99. The molecule has 8 heteroatoms. The Labute approximate surface area is 161 Å². The van der Waals surface area contributed by atoms with Crippen molar-refractivity contribution in [3.8, 4) is 12.3 Å². The molecule has 7 nitrogen and oxygen atoms in total. The third-order valence-electron chi connectivity index (χ3n) is 3.53. The Hall–Kier alpha value is -1.72. The van der Waals surface area contributed by atoms with Crippen molar-refractivity contribution in [1.29, 1.82) is 0 Å². The van der Waals surface area contributed by atoms with Crippen molar-refractivity contribution in [2.75, 3.05) is 44.2 Å². The van der Waals surface area contributed by atoms with Gasteiger partial charge in [0, 0.05) is 69.9 Å². The molecule has 0 aromatic rings. The second-order valence-electron chi connectivity index (χ2n) is 5.64. The zero-order chi connectivity index (χ0) is 19.6. The van der Waals surface area contributed by atoms with Gasteiger partial charge in [-0.15, -0.1) is 12.3 Å². The van der Waals surface area contributed by atoms with Crippen LogP contribution in [0.25, 0.3) is 0 Å². The van der Waals surface area contributed by atoms with Crippen LogP contribution in [0.1, 0.15) is 39.0 Å². The Bertz CT molecular complexity index is 466. The zero-order valence-corrected chi connectivity index (χ0v) is 16.5. The van der Waals surface area contributed by atoms with Gasteiger partial charge in [0.05, 0.1) is 0 Å². The number of nitrogens with one attached hydrogen (secondary N) is 2. The third kappa shape index (κ3) is 13.6. The molecule has 148 valence electrons. The fraction of sp³-hybridized carbons (Fsp3) is 0.722. The lowest BCUT2D eigenvalue weighted by Gasteiger charge is -2.22. The first-order chi connectivity index (χ1) is 12.5. The number of rotatable bonds is 15. The summed E-state index contributed by atoms with van der Waals surface area (Å²) in [6.07, 6.45) is 7.71. The smallest absolute Gasteiger partial charge is 0.222 e. The topological polar surface area (TPSA) is 105 Å². The lowest BCUT2D eigenvalue weighted by Crippen LogP contribution is -2.39. The highest BCUT2D eigenvalue weighted by atomic mass is 32.2. The molecule has 4 N–H and O–H groups in total. The minimum absolute atomic E-state index is 0.00279. The summed E-state index contributed by atoms with van der Waals surface area (Å²) in [5.41, 5.74) is 5.33. The predicted molar refractivity (Wildman–Crippen MR) is 107 cm³/mol. The van der Waals surface area contributed by atoms with Crippen LogP contribution in [0.4, 0.5) is 0 Å². The molecule has 0 saturated heterocycles. The first kappa shape index (κ1) is 24.3. The van der Waals surface area contributed by atoms with Crippen LogP contribution in [-0.2, 0) is 14.4 Å². The Balaban J connectivity index is 3.96. The quantitative estimate of drug-likeness (QED) is 0.279. The Kier molecular flexibility index (Phi) is 15.6. The van der Waals surface area contributed by atoms with Crippen molar-refractivity contribution < 1.29 is 14.4 Å². The summed E-state index contributed by atoms with van der Waals surface area (Å²) in [6, 6.07) is 0. The molecule has 0 aliphatic rings. The van der Waals surface area contributed by atoms with E-state index in [-0.39, 0.29) is 17.7 Å². The summed E-state index contributed by atoms with van der Waals surface area (Å²) < 4.78 is 0. The minimum atomic E-state index is -0.0398. The summed E-state index contributed by atoms with van der Waals surface area (Å²) in [5.74, 6) is 3.99. The van der Waals surface area contributed by atoms with Crippen LogP contribution in [0.2, 0.25) is 0 Å². The van der Waals surface area contributed by atoms with Gasteiger partial charge in [0.1, 0.15) is 0 Å². The van der Waals surface area contributed by atoms with Gasteiger partial charge < -0.3 is 21.3 Å². The van der Waals surface area contributed by atoms with Gasteiger partial charge in [0.25, 0.3) is 0 Å². The first-order valence-electron chi connectivity index (χ1n) is 9.07. The molecule has 0 unspecified atom stereocenters. The van der Waals surface area contributed by atoms with Gasteiger partial charge in [-0.25, -0.2) is 0 Å².